The van der Waals surface area contributed by atoms with E-state index in [1.807, 2.05) is 20.8 Å². The number of aryl methyl sites for hydroxylation is 3. The van der Waals surface area contributed by atoms with Gasteiger partial charge in [-0.1, -0.05) is 23.7 Å². The molecule has 1 atom stereocenters. The number of carbonyl (C=O) groups is 1. The molecule has 0 unspecified atom stereocenters. The van der Waals surface area contributed by atoms with Crippen LogP contribution in [0.15, 0.2) is 65.6 Å². The highest BCUT2D eigenvalue weighted by Crippen LogP contribution is 2.26. The highest BCUT2D eigenvalue weighted by molar-refractivity contribution is 7.92. The Morgan fingerprint density at radius 1 is 0.833 bits per heavy atom. The van der Waals surface area contributed by atoms with Gasteiger partial charge >= 0.3 is 0 Å². The van der Waals surface area contributed by atoms with Crippen molar-refractivity contribution in [1.29, 1.82) is 0 Å². The maximum Gasteiger partial charge on any atom is 0.261 e. The summed E-state index contributed by atoms with van der Waals surface area (Å²) >= 11 is 6.07. The van der Waals surface area contributed by atoms with Gasteiger partial charge in [-0.15, -0.1) is 0 Å². The number of amides is 1. The lowest BCUT2D eigenvalue weighted by molar-refractivity contribution is -0.116. The SMILES string of the molecule is Cc1ccc(N([C@@H](C)C(=O)Nc2ccc(S(=O)(=O)Nc3ccc(C)c(Cl)c3)cc2)S(C)(=O)=O)cc1C. The molecule has 0 bridgehead atoms. The molecule has 1 amide bonds. The number of halogens is 1. The van der Waals surface area contributed by atoms with E-state index in [-0.39, 0.29) is 4.90 Å². The number of nitrogens with zero attached hydrogens (tertiary/aromatic N) is 1. The van der Waals surface area contributed by atoms with Crippen LogP contribution in [0.4, 0.5) is 17.1 Å². The van der Waals surface area contributed by atoms with Crippen LogP contribution in [0.25, 0.3) is 0 Å². The minimum atomic E-state index is -3.89. The van der Waals surface area contributed by atoms with Crippen molar-refractivity contribution in [3.63, 3.8) is 0 Å². The standard InChI is InChI=1S/C25H28ClN3O5S2/c1-16-7-11-22(14-18(16)3)29(35(5,31)32)19(4)25(30)27-20-9-12-23(13-10-20)36(33,34)28-21-8-6-17(2)24(26)15-21/h6-15,19,28H,1-5H3,(H,27,30)/t19-/m0/s1. The lowest BCUT2D eigenvalue weighted by atomic mass is 10.1. The summed E-state index contributed by atoms with van der Waals surface area (Å²) in [4.78, 5) is 12.9. The van der Waals surface area contributed by atoms with E-state index in [4.69, 9.17) is 11.6 Å². The number of sulfonamides is 2. The van der Waals surface area contributed by atoms with Gasteiger partial charge in [-0.05, 0) is 92.9 Å². The number of benzene rings is 3. The van der Waals surface area contributed by atoms with Crippen LogP contribution in [-0.2, 0) is 24.8 Å². The van der Waals surface area contributed by atoms with Crippen molar-refractivity contribution in [2.24, 2.45) is 0 Å². The number of anilines is 3. The average molecular weight is 550 g/mol. The minimum Gasteiger partial charge on any atom is -0.324 e. The van der Waals surface area contributed by atoms with Gasteiger partial charge in [0.25, 0.3) is 10.0 Å². The van der Waals surface area contributed by atoms with Crippen LogP contribution in [0.2, 0.25) is 5.02 Å². The summed E-state index contributed by atoms with van der Waals surface area (Å²) in [7, 11) is -7.66. The Morgan fingerprint density at radius 2 is 1.42 bits per heavy atom. The van der Waals surface area contributed by atoms with E-state index in [1.54, 1.807) is 30.3 Å². The molecule has 0 spiro atoms. The zero-order valence-electron chi connectivity index (χ0n) is 20.5. The van der Waals surface area contributed by atoms with Gasteiger partial charge in [-0.3, -0.25) is 13.8 Å². The molecule has 36 heavy (non-hydrogen) atoms. The van der Waals surface area contributed by atoms with Crippen LogP contribution >= 0.6 is 11.6 Å². The molecule has 0 aliphatic rings. The number of rotatable bonds is 8. The molecule has 3 rings (SSSR count). The van der Waals surface area contributed by atoms with Crippen LogP contribution in [0.5, 0.6) is 0 Å². The zero-order chi connectivity index (χ0) is 26.8. The van der Waals surface area contributed by atoms with Crippen LogP contribution < -0.4 is 14.3 Å². The predicted octanol–water partition coefficient (Wildman–Crippen LogP) is 4.86. The Labute approximate surface area is 217 Å². The smallest absolute Gasteiger partial charge is 0.261 e. The summed E-state index contributed by atoms with van der Waals surface area (Å²) < 4.78 is 54.1. The van der Waals surface area contributed by atoms with Gasteiger partial charge in [-0.25, -0.2) is 16.8 Å². The molecule has 192 valence electrons. The van der Waals surface area contributed by atoms with Gasteiger partial charge in [-0.2, -0.15) is 0 Å². The summed E-state index contributed by atoms with van der Waals surface area (Å²) in [6.45, 7) is 7.07. The maximum absolute atomic E-state index is 12.9. The Morgan fingerprint density at radius 3 is 1.97 bits per heavy atom. The molecule has 0 saturated heterocycles. The van der Waals surface area contributed by atoms with Gasteiger partial charge in [0.1, 0.15) is 6.04 Å². The fraction of sp³-hybridized carbons (Fsp3) is 0.240. The van der Waals surface area contributed by atoms with Crippen LogP contribution in [0.3, 0.4) is 0 Å². The third kappa shape index (κ3) is 6.37. The van der Waals surface area contributed by atoms with Gasteiger partial charge in [0, 0.05) is 10.7 Å². The molecule has 3 aromatic carbocycles. The molecule has 0 heterocycles. The van der Waals surface area contributed by atoms with Crippen molar-refractivity contribution in [3.8, 4) is 0 Å². The molecule has 11 heteroatoms. The minimum absolute atomic E-state index is 0.0156. The highest BCUT2D eigenvalue weighted by Gasteiger charge is 2.29. The molecular weight excluding hydrogens is 522 g/mol. The Hall–Kier alpha value is -3.08. The first kappa shape index (κ1) is 27.5. The molecule has 0 fully saturated rings. The molecule has 0 aliphatic carbocycles. The molecular formula is C25H28ClN3O5S2. The van der Waals surface area contributed by atoms with Gasteiger partial charge in [0.15, 0.2) is 0 Å². The number of nitrogens with one attached hydrogen (secondary N) is 2. The van der Waals surface area contributed by atoms with E-state index in [0.29, 0.717) is 22.1 Å². The number of hydrogen-bond acceptors (Lipinski definition) is 5. The largest absolute Gasteiger partial charge is 0.324 e. The Bertz CT molecular complexity index is 1510. The van der Waals surface area contributed by atoms with Gasteiger partial charge in [0.2, 0.25) is 15.9 Å². The lowest BCUT2D eigenvalue weighted by Gasteiger charge is -2.28. The Balaban J connectivity index is 1.78. The molecule has 0 aliphatic heterocycles. The molecule has 0 radical (unpaired) electrons. The van der Waals surface area contributed by atoms with Gasteiger partial charge in [0.05, 0.1) is 22.5 Å². The third-order valence-electron chi connectivity index (χ3n) is 5.69. The van der Waals surface area contributed by atoms with E-state index in [1.165, 1.54) is 37.3 Å². The third-order valence-corrected chi connectivity index (χ3v) is 8.74. The lowest BCUT2D eigenvalue weighted by Crippen LogP contribution is -2.45. The van der Waals surface area contributed by atoms with Crippen molar-refractivity contribution in [2.75, 3.05) is 20.6 Å². The number of hydrogen-bond donors (Lipinski definition) is 2. The maximum atomic E-state index is 12.9. The quantitative estimate of drug-likeness (QED) is 0.416. The van der Waals surface area contributed by atoms with E-state index in [9.17, 15) is 21.6 Å². The molecule has 0 saturated carbocycles. The zero-order valence-corrected chi connectivity index (χ0v) is 22.9. The first-order valence-electron chi connectivity index (χ1n) is 11.0. The van der Waals surface area contributed by atoms with E-state index >= 15 is 0 Å². The first-order valence-corrected chi connectivity index (χ1v) is 14.7. The summed E-state index contributed by atoms with van der Waals surface area (Å²) in [6.07, 6.45) is 1.04. The summed E-state index contributed by atoms with van der Waals surface area (Å²) in [5.74, 6) is -0.568. The molecule has 2 N–H and O–H groups in total. The number of carbonyl (C=O) groups excluding carboxylic acids is 1. The monoisotopic (exact) mass is 549 g/mol. The fourth-order valence-corrected chi connectivity index (χ4v) is 5.90. The normalized spacial score (nSPS) is 12.6. The van der Waals surface area contributed by atoms with Crippen LogP contribution in [0, 0.1) is 20.8 Å². The van der Waals surface area contributed by atoms with Crippen molar-refractivity contribution in [1.82, 2.24) is 0 Å². The second kappa shape index (κ2) is 10.5. The van der Waals surface area contributed by atoms with Crippen LogP contribution in [0.1, 0.15) is 23.6 Å². The second-order valence-electron chi connectivity index (χ2n) is 8.59. The summed E-state index contributed by atoms with van der Waals surface area (Å²) in [6, 6.07) is 14.5. The highest BCUT2D eigenvalue weighted by atomic mass is 35.5. The van der Waals surface area contributed by atoms with Gasteiger partial charge < -0.3 is 5.32 Å². The van der Waals surface area contributed by atoms with Crippen molar-refractivity contribution in [2.45, 2.75) is 38.6 Å². The fourth-order valence-electron chi connectivity index (χ4n) is 3.51. The van der Waals surface area contributed by atoms with E-state index < -0.39 is 32.0 Å². The Kier molecular flexibility index (Phi) is 8.02. The van der Waals surface area contributed by atoms with Crippen molar-refractivity contribution < 1.29 is 21.6 Å². The van der Waals surface area contributed by atoms with E-state index in [0.717, 1.165) is 27.3 Å². The predicted molar refractivity (Wildman–Crippen MR) is 145 cm³/mol. The topological polar surface area (TPSA) is 113 Å². The first-order chi connectivity index (χ1) is 16.7. The summed E-state index contributed by atoms with van der Waals surface area (Å²) in [5, 5.41) is 3.09. The summed E-state index contributed by atoms with van der Waals surface area (Å²) in [5.41, 5.74) is 3.74. The molecule has 3 aromatic rings. The van der Waals surface area contributed by atoms with E-state index in [2.05, 4.69) is 10.0 Å². The molecule has 0 aromatic heterocycles. The molecule has 8 nitrogen and oxygen atoms in total. The van der Waals surface area contributed by atoms with Crippen molar-refractivity contribution >= 4 is 54.6 Å². The van der Waals surface area contributed by atoms with Crippen molar-refractivity contribution in [3.05, 3.63) is 82.4 Å². The average Bonchev–Trinajstić information content (AvgIpc) is 2.78. The van der Waals surface area contributed by atoms with Crippen LogP contribution in [-0.4, -0.2) is 35.0 Å². The second-order valence-corrected chi connectivity index (χ2v) is 12.5.